The van der Waals surface area contributed by atoms with Crippen LogP contribution in [0.1, 0.15) is 22.5 Å². The number of hydrogen-bond donors (Lipinski definition) is 2. The molecule has 1 aromatic carbocycles. The molecule has 2 N–H and O–H groups in total. The number of carbonyl (C=O) groups excluding carboxylic acids is 1. The maximum absolute atomic E-state index is 12.3. The summed E-state index contributed by atoms with van der Waals surface area (Å²) in [5.74, 6) is 0.808. The third kappa shape index (κ3) is 4.48. The van der Waals surface area contributed by atoms with Crippen molar-refractivity contribution in [3.05, 3.63) is 47.8 Å². The molecule has 138 valence electrons. The molecule has 1 aliphatic heterocycles. The largest absolute Gasteiger partial charge is 0.496 e. The normalized spacial score (nSPS) is 18.3. The van der Waals surface area contributed by atoms with E-state index in [-0.39, 0.29) is 35.1 Å². The number of nitrogens with one attached hydrogen (secondary N) is 2. The highest BCUT2D eigenvalue weighted by Gasteiger charge is 2.28. The summed E-state index contributed by atoms with van der Waals surface area (Å²) in [5, 5.41) is 5.77. The average molecular weight is 376 g/mol. The summed E-state index contributed by atoms with van der Waals surface area (Å²) < 4.78 is 28.3. The molecular formula is C17H20N4O4S. The van der Waals surface area contributed by atoms with E-state index in [1.807, 2.05) is 24.3 Å². The van der Waals surface area contributed by atoms with Crippen LogP contribution in [0.25, 0.3) is 0 Å². The highest BCUT2D eigenvalue weighted by Crippen LogP contribution is 2.17. The Labute approximate surface area is 151 Å². The summed E-state index contributed by atoms with van der Waals surface area (Å²) in [7, 11) is -1.42. The molecule has 26 heavy (non-hydrogen) atoms. The van der Waals surface area contributed by atoms with Crippen LogP contribution in [0.3, 0.4) is 0 Å². The van der Waals surface area contributed by atoms with Crippen molar-refractivity contribution >= 4 is 21.7 Å². The zero-order chi connectivity index (χ0) is 18.6. The molecule has 0 spiro atoms. The van der Waals surface area contributed by atoms with Crippen molar-refractivity contribution in [1.29, 1.82) is 0 Å². The van der Waals surface area contributed by atoms with E-state index in [4.69, 9.17) is 4.74 Å². The second kappa shape index (κ2) is 7.69. The minimum atomic E-state index is -3.00. The molecule has 0 bridgehead atoms. The van der Waals surface area contributed by atoms with Crippen molar-refractivity contribution in [1.82, 2.24) is 15.3 Å². The van der Waals surface area contributed by atoms with Crippen molar-refractivity contribution < 1.29 is 17.9 Å². The molecule has 9 heteroatoms. The minimum absolute atomic E-state index is 0.0561. The third-order valence-corrected chi connectivity index (χ3v) is 5.85. The highest BCUT2D eigenvalue weighted by atomic mass is 32.2. The lowest BCUT2D eigenvalue weighted by Gasteiger charge is -2.12. The summed E-state index contributed by atoms with van der Waals surface area (Å²) in [6, 6.07) is 8.69. The summed E-state index contributed by atoms with van der Waals surface area (Å²) in [4.78, 5) is 20.6. The number of methoxy groups -OCH3 is 1. The van der Waals surface area contributed by atoms with Gasteiger partial charge in [0.15, 0.2) is 9.84 Å². The van der Waals surface area contributed by atoms with E-state index in [1.165, 1.54) is 12.3 Å². The summed E-state index contributed by atoms with van der Waals surface area (Å²) in [5.41, 5.74) is 1.06. The zero-order valence-electron chi connectivity index (χ0n) is 14.3. The Morgan fingerprint density at radius 2 is 2.12 bits per heavy atom. The van der Waals surface area contributed by atoms with Crippen molar-refractivity contribution in [2.45, 2.75) is 19.0 Å². The van der Waals surface area contributed by atoms with E-state index in [0.717, 1.165) is 5.56 Å². The van der Waals surface area contributed by atoms with Crippen LogP contribution in [-0.4, -0.2) is 49.0 Å². The number of hydrogen-bond acceptors (Lipinski definition) is 7. The first kappa shape index (κ1) is 18.1. The molecule has 1 fully saturated rings. The number of anilines is 1. The van der Waals surface area contributed by atoms with Gasteiger partial charge in [0.25, 0.3) is 5.91 Å². The standard InChI is InChI=1S/C17H20N4O4S/c1-25-15-5-3-2-4-12(15)10-19-16(22)14-6-8-18-17(21-14)20-13-7-9-26(23,24)11-13/h2-6,8,13H,7,9-11H2,1H3,(H,19,22)(H,18,20,21). The Hall–Kier alpha value is -2.68. The second-order valence-corrected chi connectivity index (χ2v) is 8.23. The fourth-order valence-electron chi connectivity index (χ4n) is 2.76. The molecular weight excluding hydrogens is 356 g/mol. The zero-order valence-corrected chi connectivity index (χ0v) is 15.1. The molecule has 2 heterocycles. The van der Waals surface area contributed by atoms with Crippen LogP contribution in [0.5, 0.6) is 5.75 Å². The van der Waals surface area contributed by atoms with Gasteiger partial charge in [0, 0.05) is 24.3 Å². The number of amides is 1. The smallest absolute Gasteiger partial charge is 0.270 e. The Bertz CT molecular complexity index is 901. The topological polar surface area (TPSA) is 110 Å². The predicted molar refractivity (Wildman–Crippen MR) is 96.9 cm³/mol. The molecule has 1 atom stereocenters. The Morgan fingerprint density at radius 1 is 1.31 bits per heavy atom. The van der Waals surface area contributed by atoms with Crippen LogP contribution in [0.2, 0.25) is 0 Å². The third-order valence-electron chi connectivity index (χ3n) is 4.09. The van der Waals surface area contributed by atoms with E-state index in [0.29, 0.717) is 18.7 Å². The number of sulfone groups is 1. The fourth-order valence-corrected chi connectivity index (χ4v) is 4.43. The van der Waals surface area contributed by atoms with Crippen molar-refractivity contribution in [3.8, 4) is 5.75 Å². The van der Waals surface area contributed by atoms with Gasteiger partial charge in [-0.15, -0.1) is 0 Å². The van der Waals surface area contributed by atoms with E-state index >= 15 is 0 Å². The number of ether oxygens (including phenoxy) is 1. The monoisotopic (exact) mass is 376 g/mol. The maximum atomic E-state index is 12.3. The second-order valence-electron chi connectivity index (χ2n) is 6.00. The SMILES string of the molecule is COc1ccccc1CNC(=O)c1ccnc(NC2CCS(=O)(=O)C2)n1. The van der Waals surface area contributed by atoms with Gasteiger partial charge in [0.05, 0.1) is 18.6 Å². The summed E-state index contributed by atoms with van der Waals surface area (Å²) in [6.07, 6.45) is 1.98. The quantitative estimate of drug-likeness (QED) is 0.774. The first-order valence-corrected chi connectivity index (χ1v) is 9.99. The molecule has 1 aliphatic rings. The first-order valence-electron chi connectivity index (χ1n) is 8.17. The molecule has 2 aromatic rings. The Kier molecular flexibility index (Phi) is 5.36. The molecule has 1 saturated heterocycles. The molecule has 3 rings (SSSR count). The lowest BCUT2D eigenvalue weighted by molar-refractivity contribution is 0.0945. The number of rotatable bonds is 6. The molecule has 0 radical (unpaired) electrons. The molecule has 1 unspecified atom stereocenters. The number of carbonyl (C=O) groups is 1. The predicted octanol–water partition coefficient (Wildman–Crippen LogP) is 1.01. The van der Waals surface area contributed by atoms with Gasteiger partial charge in [-0.2, -0.15) is 0 Å². The molecule has 0 saturated carbocycles. The van der Waals surface area contributed by atoms with Gasteiger partial charge in [-0.05, 0) is 18.6 Å². The van der Waals surface area contributed by atoms with E-state index in [9.17, 15) is 13.2 Å². The molecule has 1 amide bonds. The van der Waals surface area contributed by atoms with Crippen LogP contribution in [0.15, 0.2) is 36.5 Å². The van der Waals surface area contributed by atoms with E-state index in [1.54, 1.807) is 7.11 Å². The number of para-hydroxylation sites is 1. The van der Waals surface area contributed by atoms with Gasteiger partial charge in [-0.3, -0.25) is 4.79 Å². The lowest BCUT2D eigenvalue weighted by Crippen LogP contribution is -2.26. The van der Waals surface area contributed by atoms with Gasteiger partial charge in [0.1, 0.15) is 11.4 Å². The fraction of sp³-hybridized carbons (Fsp3) is 0.353. The summed E-state index contributed by atoms with van der Waals surface area (Å²) >= 11 is 0. The van der Waals surface area contributed by atoms with E-state index < -0.39 is 9.84 Å². The van der Waals surface area contributed by atoms with Gasteiger partial charge in [0.2, 0.25) is 5.95 Å². The van der Waals surface area contributed by atoms with Crippen LogP contribution in [-0.2, 0) is 16.4 Å². The van der Waals surface area contributed by atoms with Gasteiger partial charge >= 0.3 is 0 Å². The van der Waals surface area contributed by atoms with Gasteiger partial charge in [-0.1, -0.05) is 18.2 Å². The number of benzene rings is 1. The molecule has 8 nitrogen and oxygen atoms in total. The van der Waals surface area contributed by atoms with Gasteiger partial charge in [-0.25, -0.2) is 18.4 Å². The van der Waals surface area contributed by atoms with Crippen LogP contribution >= 0.6 is 0 Å². The van der Waals surface area contributed by atoms with Crippen molar-refractivity contribution in [2.75, 3.05) is 23.9 Å². The number of aromatic nitrogens is 2. The number of nitrogens with zero attached hydrogens (tertiary/aromatic N) is 2. The van der Waals surface area contributed by atoms with Crippen LogP contribution in [0.4, 0.5) is 5.95 Å². The Balaban J connectivity index is 1.63. The minimum Gasteiger partial charge on any atom is -0.496 e. The summed E-state index contributed by atoms with van der Waals surface area (Å²) in [6.45, 7) is 0.302. The average Bonchev–Trinajstić information content (AvgIpc) is 2.98. The highest BCUT2D eigenvalue weighted by molar-refractivity contribution is 7.91. The van der Waals surface area contributed by atoms with Gasteiger partial charge < -0.3 is 15.4 Å². The first-order chi connectivity index (χ1) is 12.5. The Morgan fingerprint density at radius 3 is 2.85 bits per heavy atom. The van der Waals surface area contributed by atoms with E-state index in [2.05, 4.69) is 20.6 Å². The van der Waals surface area contributed by atoms with Crippen molar-refractivity contribution in [2.24, 2.45) is 0 Å². The lowest BCUT2D eigenvalue weighted by atomic mass is 10.2. The van der Waals surface area contributed by atoms with Crippen LogP contribution in [0, 0.1) is 0 Å². The van der Waals surface area contributed by atoms with Crippen molar-refractivity contribution in [3.63, 3.8) is 0 Å². The molecule has 1 aromatic heterocycles. The molecule has 0 aliphatic carbocycles. The van der Waals surface area contributed by atoms with Crippen LogP contribution < -0.4 is 15.4 Å². The maximum Gasteiger partial charge on any atom is 0.270 e.